The molecule has 8 rings (SSSR count). The molecule has 0 amide bonds. The summed E-state index contributed by atoms with van der Waals surface area (Å²) < 4.78 is 5.78. The summed E-state index contributed by atoms with van der Waals surface area (Å²) in [6, 6.07) is 49.1. The quantitative estimate of drug-likeness (QED) is 0.149. The fourth-order valence-electron chi connectivity index (χ4n) is 6.42. The SMILES string of the molecule is CCCOc1ccc(-c2cccc3c2C(C)(C)c2c(-c4ccccn4)[c-]ccc2-3)cc1.[Ir].[c-]1ccccc1-c1nnc(-c2ccccc2)nn1. The van der Waals surface area contributed by atoms with Crippen LogP contribution in [-0.2, 0) is 25.5 Å². The van der Waals surface area contributed by atoms with Gasteiger partial charge in [-0.25, -0.2) is 0 Å². The minimum absolute atomic E-state index is 0. The van der Waals surface area contributed by atoms with Crippen LogP contribution in [0, 0.1) is 12.1 Å². The molecule has 0 spiro atoms. The number of hydrogen-bond donors (Lipinski definition) is 0. The van der Waals surface area contributed by atoms with Gasteiger partial charge in [-0.3, -0.25) is 0 Å². The van der Waals surface area contributed by atoms with Gasteiger partial charge in [0.05, 0.1) is 6.61 Å². The Morgan fingerprint density at radius 1 is 0.600 bits per heavy atom. The summed E-state index contributed by atoms with van der Waals surface area (Å²) in [4.78, 5) is 4.62. The molecule has 0 aliphatic heterocycles. The van der Waals surface area contributed by atoms with Gasteiger partial charge in [0.15, 0.2) is 0 Å². The van der Waals surface area contributed by atoms with Crippen LogP contribution >= 0.6 is 0 Å². The zero-order valence-corrected chi connectivity index (χ0v) is 30.5. The summed E-state index contributed by atoms with van der Waals surface area (Å²) in [7, 11) is 0. The first kappa shape index (κ1) is 34.5. The van der Waals surface area contributed by atoms with Crippen LogP contribution in [0.3, 0.4) is 0 Å². The predicted octanol–water partition coefficient (Wildman–Crippen LogP) is 9.71. The molecule has 0 unspecified atom stereocenters. The molecule has 7 heteroatoms. The van der Waals surface area contributed by atoms with E-state index < -0.39 is 0 Å². The predicted molar refractivity (Wildman–Crippen MR) is 195 cm³/mol. The monoisotopic (exact) mass is 830 g/mol. The number of fused-ring (bicyclic) bond motifs is 3. The van der Waals surface area contributed by atoms with E-state index in [1.807, 2.05) is 79.0 Å². The van der Waals surface area contributed by atoms with Crippen molar-refractivity contribution in [3.63, 3.8) is 0 Å². The Morgan fingerprint density at radius 3 is 2.00 bits per heavy atom. The summed E-state index contributed by atoms with van der Waals surface area (Å²) >= 11 is 0. The first-order valence-electron chi connectivity index (χ1n) is 16.5. The second-order valence-corrected chi connectivity index (χ2v) is 12.3. The van der Waals surface area contributed by atoms with Crippen molar-refractivity contribution >= 4 is 0 Å². The van der Waals surface area contributed by atoms with Crippen LogP contribution < -0.4 is 4.74 Å². The molecule has 0 bridgehead atoms. The second-order valence-electron chi connectivity index (χ2n) is 12.3. The molecule has 6 nitrogen and oxygen atoms in total. The molecular formula is C43H35IrN5O-2. The molecular weight excluding hydrogens is 795 g/mol. The van der Waals surface area contributed by atoms with Gasteiger partial charge in [0, 0.05) is 31.9 Å². The number of pyridine rings is 1. The number of benzene rings is 5. The van der Waals surface area contributed by atoms with Crippen LogP contribution in [0.5, 0.6) is 5.75 Å². The Bertz CT molecular complexity index is 2100. The number of nitrogens with zero attached hydrogens (tertiary/aromatic N) is 5. The van der Waals surface area contributed by atoms with E-state index in [-0.39, 0.29) is 25.5 Å². The first-order chi connectivity index (χ1) is 24.0. The van der Waals surface area contributed by atoms with Crippen LogP contribution in [0.2, 0.25) is 0 Å². The summed E-state index contributed by atoms with van der Waals surface area (Å²) in [5.74, 6) is 1.93. The van der Waals surface area contributed by atoms with E-state index in [0.717, 1.165) is 41.2 Å². The maximum atomic E-state index is 5.78. The molecule has 0 atom stereocenters. The van der Waals surface area contributed by atoms with Crippen molar-refractivity contribution in [3.8, 4) is 62.0 Å². The summed E-state index contributed by atoms with van der Waals surface area (Å²) in [5.41, 5.74) is 11.3. The van der Waals surface area contributed by atoms with Gasteiger partial charge in [0.25, 0.3) is 0 Å². The van der Waals surface area contributed by atoms with E-state index in [0.29, 0.717) is 11.6 Å². The van der Waals surface area contributed by atoms with Gasteiger partial charge in [-0.15, -0.1) is 75.4 Å². The van der Waals surface area contributed by atoms with Crippen LogP contribution in [0.4, 0.5) is 0 Å². The average Bonchev–Trinajstić information content (AvgIpc) is 3.42. The number of ether oxygens (including phenoxy) is 1. The second kappa shape index (κ2) is 15.5. The van der Waals surface area contributed by atoms with Crippen molar-refractivity contribution in [2.45, 2.75) is 32.6 Å². The molecule has 1 radical (unpaired) electrons. The Hall–Kier alpha value is -5.36. The molecule has 2 aromatic heterocycles. The molecule has 0 saturated heterocycles. The van der Waals surface area contributed by atoms with Crippen LogP contribution in [-0.4, -0.2) is 32.0 Å². The molecule has 0 saturated carbocycles. The molecule has 1 aliphatic carbocycles. The fraction of sp³-hybridized carbons (Fsp3) is 0.140. The Balaban J connectivity index is 0.000000194. The standard InChI is InChI=1S/C29H26NO.C14H9N4.Ir/c1-4-19-31-21-16-14-20(15-17-21)22-9-7-10-23-24-11-8-12-25(26-13-5-6-18-30-26)28(24)29(2,3)27(22)23;1-3-7-11(8-4-1)13-15-17-14(18-16-13)12-9-5-2-6-10-12;/h5-11,13-18H,4,19H2,1-3H3;1-9H;/q2*-1;. The maximum Gasteiger partial charge on any atom is 0.201 e. The van der Waals surface area contributed by atoms with Gasteiger partial charge in [0.1, 0.15) is 11.6 Å². The molecule has 2 heterocycles. The van der Waals surface area contributed by atoms with Crippen molar-refractivity contribution in [2.24, 2.45) is 0 Å². The number of aromatic nitrogens is 5. The van der Waals surface area contributed by atoms with E-state index in [4.69, 9.17) is 4.74 Å². The Morgan fingerprint density at radius 2 is 1.30 bits per heavy atom. The summed E-state index contributed by atoms with van der Waals surface area (Å²) in [5, 5.41) is 16.3. The van der Waals surface area contributed by atoms with E-state index in [2.05, 4.69) is 113 Å². The largest absolute Gasteiger partial charge is 0.494 e. The van der Waals surface area contributed by atoms with Gasteiger partial charge in [0.2, 0.25) is 5.82 Å². The van der Waals surface area contributed by atoms with E-state index >= 15 is 0 Å². The average molecular weight is 830 g/mol. The summed E-state index contributed by atoms with van der Waals surface area (Å²) in [6.07, 6.45) is 2.86. The number of hydrogen-bond acceptors (Lipinski definition) is 6. The molecule has 249 valence electrons. The Kier molecular flexibility index (Phi) is 10.7. The number of rotatable bonds is 7. The van der Waals surface area contributed by atoms with Crippen LogP contribution in [0.15, 0.2) is 134 Å². The minimum Gasteiger partial charge on any atom is -0.494 e. The van der Waals surface area contributed by atoms with Crippen molar-refractivity contribution in [2.75, 3.05) is 6.61 Å². The van der Waals surface area contributed by atoms with Crippen LogP contribution in [0.25, 0.3) is 56.3 Å². The summed E-state index contributed by atoms with van der Waals surface area (Å²) in [6.45, 7) is 7.51. The van der Waals surface area contributed by atoms with E-state index in [1.165, 1.54) is 33.4 Å². The van der Waals surface area contributed by atoms with Crippen molar-refractivity contribution in [1.29, 1.82) is 0 Å². The molecule has 0 fully saturated rings. The van der Waals surface area contributed by atoms with Crippen molar-refractivity contribution in [1.82, 2.24) is 25.4 Å². The van der Waals surface area contributed by atoms with Crippen LogP contribution in [0.1, 0.15) is 38.3 Å². The van der Waals surface area contributed by atoms with E-state index in [1.54, 1.807) is 0 Å². The molecule has 5 aromatic carbocycles. The minimum atomic E-state index is -0.163. The molecule has 7 aromatic rings. The fourth-order valence-corrected chi connectivity index (χ4v) is 6.42. The first-order valence-corrected chi connectivity index (χ1v) is 16.5. The zero-order valence-electron chi connectivity index (χ0n) is 28.1. The topological polar surface area (TPSA) is 73.7 Å². The van der Waals surface area contributed by atoms with Gasteiger partial charge in [-0.2, -0.15) is 10.2 Å². The zero-order chi connectivity index (χ0) is 33.6. The maximum absolute atomic E-state index is 5.78. The van der Waals surface area contributed by atoms with E-state index in [9.17, 15) is 0 Å². The smallest absolute Gasteiger partial charge is 0.201 e. The third-order valence-corrected chi connectivity index (χ3v) is 8.62. The Labute approximate surface area is 307 Å². The van der Waals surface area contributed by atoms with Gasteiger partial charge in [-0.1, -0.05) is 99.1 Å². The third kappa shape index (κ3) is 7.02. The van der Waals surface area contributed by atoms with Crippen molar-refractivity contribution < 1.29 is 24.8 Å². The molecule has 0 N–H and O–H groups in total. The van der Waals surface area contributed by atoms with Gasteiger partial charge < -0.3 is 9.72 Å². The van der Waals surface area contributed by atoms with Crippen molar-refractivity contribution in [3.05, 3.63) is 157 Å². The van der Waals surface area contributed by atoms with Gasteiger partial charge >= 0.3 is 0 Å². The third-order valence-electron chi connectivity index (χ3n) is 8.62. The molecule has 50 heavy (non-hydrogen) atoms. The molecule has 1 aliphatic rings. The van der Waals surface area contributed by atoms with Gasteiger partial charge in [-0.05, 0) is 58.0 Å². The normalized spacial score (nSPS) is 12.1.